The molecule has 0 aliphatic rings. The van der Waals surface area contributed by atoms with Gasteiger partial charge in [-0.2, -0.15) is 0 Å². The van der Waals surface area contributed by atoms with E-state index in [1.54, 1.807) is 0 Å². The number of rotatable bonds is 0. The predicted molar refractivity (Wildman–Crippen MR) is 28.8 cm³/mol. The van der Waals surface area contributed by atoms with Gasteiger partial charge >= 0.3 is 0 Å². The first kappa shape index (κ1) is 56.5. The molecule has 0 bridgehead atoms. The van der Waals surface area contributed by atoms with Gasteiger partial charge in [-0.05, 0) is 0 Å². The van der Waals surface area contributed by atoms with Crippen molar-refractivity contribution >= 4 is 99.0 Å². The Hall–Kier alpha value is 7.94. The molecule has 18 radical (unpaired) electrons. The molecule has 36 valence electrons. The quantitative estimate of drug-likeness (QED) is 0.252. The summed E-state index contributed by atoms with van der Waals surface area (Å²) in [6, 6.07) is 0. The third-order valence-electron chi connectivity index (χ3n) is 0. The first-order valence-corrected chi connectivity index (χ1v) is 0. The van der Waals surface area contributed by atoms with Crippen LogP contribution < -0.4 is 0 Å². The molecular formula is Eu3Ga5. The smallest absolute Gasteiger partial charge is 0 e. The fourth-order valence-electron chi connectivity index (χ4n) is 0. The molecule has 0 atom stereocenters. The van der Waals surface area contributed by atoms with Crippen LogP contribution in [-0.4, -0.2) is 99.0 Å². The van der Waals surface area contributed by atoms with Gasteiger partial charge in [0.15, 0.2) is 0 Å². The maximum absolute atomic E-state index is 0. The summed E-state index contributed by atoms with van der Waals surface area (Å²) in [6.07, 6.45) is 0. The van der Waals surface area contributed by atoms with E-state index < -0.39 is 0 Å². The molecule has 0 aromatic heterocycles. The molecule has 0 nitrogen and oxygen atoms in total. The number of hydrogen-bond acceptors (Lipinski definition) is 0. The summed E-state index contributed by atoms with van der Waals surface area (Å²) in [5.41, 5.74) is 0. The Morgan fingerprint density at radius 2 is 0.250 bits per heavy atom. The van der Waals surface area contributed by atoms with Crippen molar-refractivity contribution in [3.8, 4) is 0 Å². The molecular weight excluding hydrogens is 805 g/mol. The van der Waals surface area contributed by atoms with E-state index in [2.05, 4.69) is 0 Å². The summed E-state index contributed by atoms with van der Waals surface area (Å²) >= 11 is 0. The van der Waals surface area contributed by atoms with E-state index >= 15 is 0 Å². The Kier molecular flexibility index (Phi) is 325. The zero-order valence-corrected chi connectivity index (χ0v) is 23.4. The van der Waals surface area contributed by atoms with E-state index in [0.29, 0.717) is 0 Å². The maximum Gasteiger partial charge on any atom is 0 e. The minimum atomic E-state index is 0. The molecule has 0 unspecified atom stereocenters. The fraction of sp³-hybridized carbons (Fsp3) is 0. The summed E-state index contributed by atoms with van der Waals surface area (Å²) in [7, 11) is 0. The Labute approximate surface area is 238 Å². The van der Waals surface area contributed by atoms with Gasteiger partial charge in [0, 0.05) is 247 Å². The molecule has 0 amide bonds. The molecule has 0 saturated heterocycles. The van der Waals surface area contributed by atoms with Crippen LogP contribution in [0.15, 0.2) is 0 Å². The standard InChI is InChI=1S/3Eu.5Ga. The summed E-state index contributed by atoms with van der Waals surface area (Å²) in [5, 5.41) is 0. The van der Waals surface area contributed by atoms with E-state index in [4.69, 9.17) is 0 Å². The fourth-order valence-corrected chi connectivity index (χ4v) is 0. The average molecular weight is 805 g/mol. The van der Waals surface area contributed by atoms with Crippen LogP contribution in [0, 0.1) is 148 Å². The molecule has 8 heteroatoms. The second-order valence-corrected chi connectivity index (χ2v) is 0. The van der Waals surface area contributed by atoms with Crippen molar-refractivity contribution in [2.45, 2.75) is 0 Å². The Morgan fingerprint density at radius 1 is 0.250 bits per heavy atom. The van der Waals surface area contributed by atoms with Crippen LogP contribution >= 0.6 is 0 Å². The zero-order valence-electron chi connectivity index (χ0n) is 4.02. The van der Waals surface area contributed by atoms with Crippen LogP contribution in [0.3, 0.4) is 0 Å². The van der Waals surface area contributed by atoms with Gasteiger partial charge < -0.3 is 0 Å². The topological polar surface area (TPSA) is 0 Å². The van der Waals surface area contributed by atoms with E-state index in [-0.39, 0.29) is 247 Å². The third kappa shape index (κ3) is 37.0. The van der Waals surface area contributed by atoms with Crippen molar-refractivity contribution in [2.75, 3.05) is 0 Å². The Morgan fingerprint density at radius 3 is 0.250 bits per heavy atom. The maximum atomic E-state index is 0. The molecule has 0 aromatic rings. The van der Waals surface area contributed by atoms with Crippen molar-refractivity contribution in [3.05, 3.63) is 0 Å². The first-order valence-electron chi connectivity index (χ1n) is 0. The minimum absolute atomic E-state index is 0. The molecule has 0 aliphatic carbocycles. The van der Waals surface area contributed by atoms with Gasteiger partial charge in [0.1, 0.15) is 0 Å². The van der Waals surface area contributed by atoms with E-state index in [9.17, 15) is 0 Å². The van der Waals surface area contributed by atoms with Gasteiger partial charge in [-0.25, -0.2) is 0 Å². The second kappa shape index (κ2) is 46.1. The van der Waals surface area contributed by atoms with E-state index in [0.717, 1.165) is 0 Å². The molecule has 0 N–H and O–H groups in total. The van der Waals surface area contributed by atoms with Gasteiger partial charge in [-0.1, -0.05) is 0 Å². The first-order chi connectivity index (χ1) is 0. The molecule has 0 aromatic carbocycles. The SMILES string of the molecule is [Eu].[Eu].[Eu].[Ga].[Ga].[Ga].[Ga].[Ga]. The molecule has 0 rings (SSSR count). The van der Waals surface area contributed by atoms with Gasteiger partial charge in [0.25, 0.3) is 0 Å². The molecule has 0 fully saturated rings. The Balaban J connectivity index is 0. The predicted octanol–water partition coefficient (Wildman–Crippen LogP) is -1.90. The normalized spacial score (nSPS) is 0. The monoisotopic (exact) mass is 803 g/mol. The van der Waals surface area contributed by atoms with Crippen molar-refractivity contribution in [1.29, 1.82) is 0 Å². The number of hydrogen-bond donors (Lipinski definition) is 0. The van der Waals surface area contributed by atoms with Crippen LogP contribution in [0.25, 0.3) is 0 Å². The summed E-state index contributed by atoms with van der Waals surface area (Å²) < 4.78 is 0. The summed E-state index contributed by atoms with van der Waals surface area (Å²) in [6.45, 7) is 0. The van der Waals surface area contributed by atoms with E-state index in [1.165, 1.54) is 0 Å². The Bertz CT molecular complexity index is 7.64. The summed E-state index contributed by atoms with van der Waals surface area (Å²) in [5.74, 6) is 0. The third-order valence-corrected chi connectivity index (χ3v) is 0. The van der Waals surface area contributed by atoms with Crippen LogP contribution in [0.5, 0.6) is 0 Å². The van der Waals surface area contributed by atoms with Crippen LogP contribution in [0.2, 0.25) is 0 Å². The average Bonchev–Trinajstić information content (AvgIpc) is 0. The van der Waals surface area contributed by atoms with Crippen molar-refractivity contribution in [3.63, 3.8) is 0 Å². The van der Waals surface area contributed by atoms with Crippen molar-refractivity contribution in [2.24, 2.45) is 0 Å². The molecule has 0 aliphatic heterocycles. The largest absolute Gasteiger partial charge is 0 e. The van der Waals surface area contributed by atoms with Gasteiger partial charge in [-0.15, -0.1) is 0 Å². The van der Waals surface area contributed by atoms with Gasteiger partial charge in [0.05, 0.1) is 0 Å². The van der Waals surface area contributed by atoms with Crippen molar-refractivity contribution in [1.82, 2.24) is 0 Å². The second-order valence-electron chi connectivity index (χ2n) is 0. The van der Waals surface area contributed by atoms with Crippen molar-refractivity contribution < 1.29 is 148 Å². The molecule has 8 heavy (non-hydrogen) atoms. The molecule has 0 heterocycles. The van der Waals surface area contributed by atoms with Crippen LogP contribution in [0.4, 0.5) is 0 Å². The van der Waals surface area contributed by atoms with E-state index in [1.807, 2.05) is 0 Å². The zero-order chi connectivity index (χ0) is 0. The van der Waals surface area contributed by atoms with Crippen LogP contribution in [-0.2, 0) is 0 Å². The minimum Gasteiger partial charge on any atom is 0 e. The molecule has 0 spiro atoms. The van der Waals surface area contributed by atoms with Crippen LogP contribution in [0.1, 0.15) is 0 Å². The molecule has 0 saturated carbocycles. The summed E-state index contributed by atoms with van der Waals surface area (Å²) in [4.78, 5) is 0. The van der Waals surface area contributed by atoms with Gasteiger partial charge in [0.2, 0.25) is 0 Å². The van der Waals surface area contributed by atoms with Gasteiger partial charge in [-0.3, -0.25) is 0 Å².